The molecule has 1 aliphatic heterocycles. The number of nitrogens with zero attached hydrogens (tertiary/aromatic N) is 2. The molecule has 1 saturated carbocycles. The summed E-state index contributed by atoms with van der Waals surface area (Å²) >= 11 is 6.03. The molecule has 2 fully saturated rings. The second-order valence-electron chi connectivity index (χ2n) is 10.9. The number of carbonyl (C=O) groups is 2. The molecule has 1 aliphatic carbocycles. The number of alkyl halides is 1. The molecule has 0 radical (unpaired) electrons. The average Bonchev–Trinajstić information content (AvgIpc) is 3.69. The van der Waals surface area contributed by atoms with Crippen LogP contribution in [-0.2, 0) is 9.59 Å². The van der Waals surface area contributed by atoms with Crippen molar-refractivity contribution in [2.24, 2.45) is 17.3 Å². The number of piperidine rings is 1. The van der Waals surface area contributed by atoms with Gasteiger partial charge in [-0.3, -0.25) is 9.59 Å². The van der Waals surface area contributed by atoms with Gasteiger partial charge in [0.15, 0.2) is 0 Å². The zero-order chi connectivity index (χ0) is 24.6. The van der Waals surface area contributed by atoms with E-state index in [4.69, 9.17) is 11.6 Å². The van der Waals surface area contributed by atoms with Crippen molar-refractivity contribution in [3.8, 4) is 0 Å². The zero-order valence-electron chi connectivity index (χ0n) is 21.4. The number of amides is 2. The number of benzene rings is 1. The summed E-state index contributed by atoms with van der Waals surface area (Å²) in [5, 5.41) is 0. The highest BCUT2D eigenvalue weighted by Crippen LogP contribution is 2.33. The van der Waals surface area contributed by atoms with E-state index in [2.05, 4.69) is 42.2 Å². The van der Waals surface area contributed by atoms with Gasteiger partial charge in [0.05, 0.1) is 5.41 Å². The Kier molecular flexibility index (Phi) is 10.1. The molecule has 188 valence electrons. The number of rotatable bonds is 12. The van der Waals surface area contributed by atoms with Gasteiger partial charge >= 0.3 is 0 Å². The van der Waals surface area contributed by atoms with E-state index in [-0.39, 0.29) is 11.8 Å². The first-order valence-corrected chi connectivity index (χ1v) is 13.8. The van der Waals surface area contributed by atoms with Crippen LogP contribution in [0.4, 0.5) is 0 Å². The summed E-state index contributed by atoms with van der Waals surface area (Å²) in [5.41, 5.74) is 2.05. The smallest absolute Gasteiger partial charge is 0.229 e. The maximum Gasteiger partial charge on any atom is 0.229 e. The molecule has 1 saturated heterocycles. The molecule has 0 bridgehead atoms. The molecule has 0 aromatic heterocycles. The lowest BCUT2D eigenvalue weighted by Gasteiger charge is -2.38. The topological polar surface area (TPSA) is 40.6 Å². The largest absolute Gasteiger partial charge is 0.342 e. The molecule has 0 N–H and O–H groups in total. The summed E-state index contributed by atoms with van der Waals surface area (Å²) in [7, 11) is 0. The van der Waals surface area contributed by atoms with Crippen molar-refractivity contribution in [2.45, 2.75) is 72.1 Å². The van der Waals surface area contributed by atoms with E-state index >= 15 is 0 Å². The summed E-state index contributed by atoms with van der Waals surface area (Å²) in [6.07, 6.45) is 10.9. The summed E-state index contributed by atoms with van der Waals surface area (Å²) < 4.78 is 0. The highest BCUT2D eigenvalue weighted by molar-refractivity contribution is 6.19. The Bertz CT molecular complexity index is 824. The van der Waals surface area contributed by atoms with E-state index in [1.54, 1.807) is 0 Å². The number of likely N-dealkylation sites (tertiary alicyclic amines) is 1. The average molecular weight is 487 g/mol. The quantitative estimate of drug-likeness (QED) is 0.253. The molecular weight excluding hydrogens is 444 g/mol. The Morgan fingerprint density at radius 1 is 1.09 bits per heavy atom. The van der Waals surface area contributed by atoms with Gasteiger partial charge in [0.1, 0.15) is 0 Å². The molecule has 0 spiro atoms. The normalized spacial score (nSPS) is 17.6. The van der Waals surface area contributed by atoms with Gasteiger partial charge in [0.25, 0.3) is 0 Å². The van der Waals surface area contributed by atoms with Crippen LogP contribution in [0, 0.1) is 17.3 Å². The molecule has 4 nitrogen and oxygen atoms in total. The lowest BCUT2D eigenvalue weighted by molar-refractivity contribution is -0.141. The van der Waals surface area contributed by atoms with Crippen molar-refractivity contribution < 1.29 is 9.59 Å². The summed E-state index contributed by atoms with van der Waals surface area (Å²) in [6, 6.07) is 10.5. The predicted molar refractivity (Wildman–Crippen MR) is 142 cm³/mol. The molecule has 2 aliphatic rings. The van der Waals surface area contributed by atoms with E-state index in [0.29, 0.717) is 17.7 Å². The molecule has 2 amide bonds. The van der Waals surface area contributed by atoms with Crippen LogP contribution < -0.4 is 0 Å². The predicted octanol–water partition coefficient (Wildman–Crippen LogP) is 6.39. The molecule has 3 rings (SSSR count). The molecule has 1 aromatic rings. The molecule has 1 aromatic carbocycles. The number of carbonyl (C=O) groups excluding carboxylic acids is 2. The molecule has 5 heteroatoms. The highest BCUT2D eigenvalue weighted by atomic mass is 35.5. The number of hydrogen-bond acceptors (Lipinski definition) is 2. The Morgan fingerprint density at radius 3 is 2.35 bits per heavy atom. The maximum atomic E-state index is 13.3. The number of halogens is 1. The van der Waals surface area contributed by atoms with Gasteiger partial charge in [-0.15, -0.1) is 11.6 Å². The lowest BCUT2D eigenvalue weighted by atomic mass is 9.90. The minimum absolute atomic E-state index is 0.149. The Balaban J connectivity index is 1.66. The standard InChI is InChI=1S/C29H43ClN2O2/c1-4-5-7-12-25(19-23-10-8-6-9-11-23)21-32(27(33)26-13-14-26)20-24-15-17-31(18-16-24)28(34)29(2,3)22-30/h6,8-11,19,24,26H,4-5,7,12-18,20-22H2,1-3H3. The van der Waals surface area contributed by atoms with Crippen LogP contribution in [-0.4, -0.2) is 53.7 Å². The van der Waals surface area contributed by atoms with Crippen molar-refractivity contribution in [3.63, 3.8) is 0 Å². The van der Waals surface area contributed by atoms with Crippen LogP contribution in [0.25, 0.3) is 6.08 Å². The zero-order valence-corrected chi connectivity index (χ0v) is 22.2. The Morgan fingerprint density at radius 2 is 1.76 bits per heavy atom. The molecule has 0 atom stereocenters. The first-order valence-electron chi connectivity index (χ1n) is 13.2. The SMILES string of the molecule is CCCCCC(=Cc1ccccc1)CN(CC1CCN(C(=O)C(C)(C)CCl)CC1)C(=O)C1CC1. The van der Waals surface area contributed by atoms with Gasteiger partial charge in [-0.05, 0) is 63.9 Å². The maximum absolute atomic E-state index is 13.3. The van der Waals surface area contributed by atoms with Crippen LogP contribution in [0.3, 0.4) is 0 Å². The van der Waals surface area contributed by atoms with Crippen molar-refractivity contribution in [1.82, 2.24) is 9.80 Å². The third kappa shape index (κ3) is 7.86. The third-order valence-corrected chi connectivity index (χ3v) is 7.87. The summed E-state index contributed by atoms with van der Waals surface area (Å²) in [5.74, 6) is 1.48. The fraction of sp³-hybridized carbons (Fsp3) is 0.655. The molecule has 0 unspecified atom stereocenters. The highest BCUT2D eigenvalue weighted by Gasteiger charge is 2.36. The van der Waals surface area contributed by atoms with Crippen molar-refractivity contribution in [2.75, 3.05) is 32.1 Å². The number of unbranched alkanes of at least 4 members (excludes halogenated alkanes) is 2. The number of hydrogen-bond donors (Lipinski definition) is 0. The monoisotopic (exact) mass is 486 g/mol. The Hall–Kier alpha value is -1.81. The van der Waals surface area contributed by atoms with Gasteiger partial charge in [-0.25, -0.2) is 0 Å². The molecule has 34 heavy (non-hydrogen) atoms. The van der Waals surface area contributed by atoms with Crippen molar-refractivity contribution in [1.29, 1.82) is 0 Å². The fourth-order valence-electron chi connectivity index (χ4n) is 4.77. The van der Waals surface area contributed by atoms with Gasteiger partial charge in [-0.1, -0.05) is 61.7 Å². The van der Waals surface area contributed by atoms with Crippen LogP contribution in [0.2, 0.25) is 0 Å². The van der Waals surface area contributed by atoms with E-state index in [0.717, 1.165) is 64.7 Å². The third-order valence-electron chi connectivity index (χ3n) is 7.20. The van der Waals surface area contributed by atoms with E-state index in [1.807, 2.05) is 24.8 Å². The van der Waals surface area contributed by atoms with Crippen molar-refractivity contribution in [3.05, 3.63) is 41.5 Å². The second kappa shape index (κ2) is 12.8. The van der Waals surface area contributed by atoms with Gasteiger partial charge in [0, 0.05) is 38.0 Å². The first-order chi connectivity index (χ1) is 16.3. The van der Waals surface area contributed by atoms with Gasteiger partial charge in [0.2, 0.25) is 11.8 Å². The van der Waals surface area contributed by atoms with Crippen LogP contribution in [0.1, 0.15) is 77.7 Å². The summed E-state index contributed by atoms with van der Waals surface area (Å²) in [6.45, 7) is 9.13. The van der Waals surface area contributed by atoms with Gasteiger partial charge in [-0.2, -0.15) is 0 Å². The first kappa shape index (κ1) is 26.8. The van der Waals surface area contributed by atoms with E-state index in [9.17, 15) is 9.59 Å². The fourth-order valence-corrected chi connectivity index (χ4v) is 4.88. The second-order valence-corrected chi connectivity index (χ2v) is 11.2. The van der Waals surface area contributed by atoms with Gasteiger partial charge < -0.3 is 9.80 Å². The minimum atomic E-state index is -0.516. The van der Waals surface area contributed by atoms with Crippen LogP contribution >= 0.6 is 11.6 Å². The van der Waals surface area contributed by atoms with Crippen molar-refractivity contribution >= 4 is 29.5 Å². The Labute approximate surface area is 211 Å². The minimum Gasteiger partial charge on any atom is -0.342 e. The molecule has 1 heterocycles. The van der Waals surface area contributed by atoms with E-state index < -0.39 is 5.41 Å². The van der Waals surface area contributed by atoms with Crippen LogP contribution in [0.5, 0.6) is 0 Å². The summed E-state index contributed by atoms with van der Waals surface area (Å²) in [4.78, 5) is 30.2. The van der Waals surface area contributed by atoms with Crippen LogP contribution in [0.15, 0.2) is 35.9 Å². The lowest BCUT2D eigenvalue weighted by Crippen LogP contribution is -2.48. The van der Waals surface area contributed by atoms with E-state index in [1.165, 1.54) is 24.0 Å². The molecular formula is C29H43ClN2O2.